The number of rotatable bonds is 3. The van der Waals surface area contributed by atoms with E-state index in [0.717, 1.165) is 11.4 Å². The highest BCUT2D eigenvalue weighted by molar-refractivity contribution is 5.43. The van der Waals surface area contributed by atoms with Crippen LogP contribution in [0.3, 0.4) is 0 Å². The lowest BCUT2D eigenvalue weighted by Crippen LogP contribution is -2.19. The van der Waals surface area contributed by atoms with Gasteiger partial charge in [0.05, 0.1) is 6.61 Å². The van der Waals surface area contributed by atoms with E-state index in [0.29, 0.717) is 0 Å². The molecule has 0 aliphatic heterocycles. The van der Waals surface area contributed by atoms with Gasteiger partial charge in [0.25, 0.3) is 0 Å². The molecule has 3 nitrogen and oxygen atoms in total. The third-order valence-electron chi connectivity index (χ3n) is 1.58. The minimum atomic E-state index is 0.0896. The lowest BCUT2D eigenvalue weighted by molar-refractivity contribution is 0.281. The van der Waals surface area contributed by atoms with Crippen LogP contribution in [-0.4, -0.2) is 22.7 Å². The van der Waals surface area contributed by atoms with Crippen molar-refractivity contribution in [2.75, 3.05) is 11.9 Å². The van der Waals surface area contributed by atoms with Gasteiger partial charge in [-0.2, -0.15) is 0 Å². The molecule has 0 spiro atoms. The number of anilines is 1. The fourth-order valence-electron chi connectivity index (χ4n) is 0.966. The van der Waals surface area contributed by atoms with Crippen molar-refractivity contribution in [3.8, 4) is 0 Å². The summed E-state index contributed by atoms with van der Waals surface area (Å²) in [6, 6.07) is 3.93. The lowest BCUT2D eigenvalue weighted by Gasteiger charge is -2.11. The summed E-state index contributed by atoms with van der Waals surface area (Å²) in [5.41, 5.74) is 1.98. The van der Waals surface area contributed by atoms with Crippen LogP contribution in [0, 0.1) is 6.92 Å². The third kappa shape index (κ3) is 2.51. The summed E-state index contributed by atoms with van der Waals surface area (Å²) in [4.78, 5) is 4.07. The number of aliphatic hydroxyl groups excluding tert-OH is 1. The summed E-state index contributed by atoms with van der Waals surface area (Å²) in [5.74, 6) is 0. The smallest absolute Gasteiger partial charge is 0.0630 e. The number of hydrogen-bond donors (Lipinski definition) is 2. The molecule has 0 aliphatic carbocycles. The van der Waals surface area contributed by atoms with Gasteiger partial charge in [-0.15, -0.1) is 0 Å². The maximum atomic E-state index is 8.79. The van der Waals surface area contributed by atoms with Gasteiger partial charge in [-0.3, -0.25) is 4.98 Å². The van der Waals surface area contributed by atoms with Crippen molar-refractivity contribution in [3.05, 3.63) is 24.0 Å². The number of nitrogens with zero attached hydrogens (tertiary/aromatic N) is 1. The Hall–Kier alpha value is -1.09. The highest BCUT2D eigenvalue weighted by atomic mass is 16.3. The Morgan fingerprint density at radius 2 is 2.42 bits per heavy atom. The Labute approximate surface area is 72.5 Å². The summed E-state index contributed by atoms with van der Waals surface area (Å²) in [5, 5.41) is 11.9. The zero-order chi connectivity index (χ0) is 8.97. The molecular weight excluding hydrogens is 152 g/mol. The molecule has 12 heavy (non-hydrogen) atoms. The monoisotopic (exact) mass is 166 g/mol. The zero-order valence-electron chi connectivity index (χ0n) is 7.41. The zero-order valence-corrected chi connectivity index (χ0v) is 7.41. The van der Waals surface area contributed by atoms with Crippen molar-refractivity contribution in [2.45, 2.75) is 19.9 Å². The van der Waals surface area contributed by atoms with Crippen LogP contribution in [0.5, 0.6) is 0 Å². The van der Waals surface area contributed by atoms with Crippen LogP contribution < -0.4 is 5.32 Å². The molecule has 0 amide bonds. The van der Waals surface area contributed by atoms with E-state index < -0.39 is 0 Å². The Bertz CT molecular complexity index is 250. The van der Waals surface area contributed by atoms with Crippen molar-refractivity contribution >= 4 is 5.69 Å². The summed E-state index contributed by atoms with van der Waals surface area (Å²) in [6.07, 6.45) is 1.75. The first-order chi connectivity index (χ1) is 5.72. The average Bonchev–Trinajstić information content (AvgIpc) is 2.04. The second-order valence-corrected chi connectivity index (χ2v) is 2.91. The van der Waals surface area contributed by atoms with E-state index in [4.69, 9.17) is 5.11 Å². The van der Waals surface area contributed by atoms with Crippen molar-refractivity contribution in [3.63, 3.8) is 0 Å². The van der Waals surface area contributed by atoms with Crippen LogP contribution in [-0.2, 0) is 0 Å². The number of nitrogens with one attached hydrogen (secondary N) is 1. The number of aliphatic hydroxyl groups is 1. The molecule has 1 aromatic rings. The van der Waals surface area contributed by atoms with E-state index >= 15 is 0 Å². The molecule has 1 rings (SSSR count). The Morgan fingerprint density at radius 3 is 3.00 bits per heavy atom. The van der Waals surface area contributed by atoms with E-state index in [9.17, 15) is 0 Å². The first-order valence-corrected chi connectivity index (χ1v) is 4.02. The summed E-state index contributed by atoms with van der Waals surface area (Å²) in [7, 11) is 0. The standard InChI is InChI=1S/C9H14N2O/c1-7-5-9(3-4-10-7)11-8(2)6-12/h3-5,8,12H,6H2,1-2H3,(H,10,11). The summed E-state index contributed by atoms with van der Waals surface area (Å²) >= 11 is 0. The first-order valence-electron chi connectivity index (χ1n) is 4.02. The van der Waals surface area contributed by atoms with E-state index in [1.807, 2.05) is 26.0 Å². The summed E-state index contributed by atoms with van der Waals surface area (Å²) in [6.45, 7) is 4.01. The second-order valence-electron chi connectivity index (χ2n) is 2.91. The maximum absolute atomic E-state index is 8.79. The highest BCUT2D eigenvalue weighted by Gasteiger charge is 1.98. The van der Waals surface area contributed by atoms with Gasteiger partial charge in [0.2, 0.25) is 0 Å². The van der Waals surface area contributed by atoms with Crippen LogP contribution in [0.2, 0.25) is 0 Å². The molecule has 0 saturated heterocycles. The predicted octanol–water partition coefficient (Wildman–Crippen LogP) is 1.18. The molecule has 0 aliphatic rings. The van der Waals surface area contributed by atoms with Crippen LogP contribution in [0.15, 0.2) is 18.3 Å². The molecule has 0 saturated carbocycles. The van der Waals surface area contributed by atoms with Gasteiger partial charge in [0, 0.05) is 23.6 Å². The van der Waals surface area contributed by atoms with Crippen molar-refractivity contribution in [1.29, 1.82) is 0 Å². The molecule has 2 N–H and O–H groups in total. The van der Waals surface area contributed by atoms with Crippen LogP contribution in [0.1, 0.15) is 12.6 Å². The van der Waals surface area contributed by atoms with Gasteiger partial charge in [-0.1, -0.05) is 0 Å². The van der Waals surface area contributed by atoms with Gasteiger partial charge < -0.3 is 10.4 Å². The molecule has 0 fully saturated rings. The third-order valence-corrected chi connectivity index (χ3v) is 1.58. The Kier molecular flexibility index (Phi) is 3.05. The first kappa shape index (κ1) is 9.00. The number of aromatic nitrogens is 1. The van der Waals surface area contributed by atoms with Crippen LogP contribution in [0.4, 0.5) is 5.69 Å². The van der Waals surface area contributed by atoms with Crippen molar-refractivity contribution in [2.24, 2.45) is 0 Å². The largest absolute Gasteiger partial charge is 0.394 e. The van der Waals surface area contributed by atoms with Crippen molar-refractivity contribution in [1.82, 2.24) is 4.98 Å². The van der Waals surface area contributed by atoms with Gasteiger partial charge in [-0.25, -0.2) is 0 Å². The molecule has 0 bridgehead atoms. The van der Waals surface area contributed by atoms with E-state index in [1.165, 1.54) is 0 Å². The fourth-order valence-corrected chi connectivity index (χ4v) is 0.966. The van der Waals surface area contributed by atoms with Crippen LogP contribution >= 0.6 is 0 Å². The SMILES string of the molecule is Cc1cc(NC(C)CO)ccn1. The Balaban J connectivity index is 2.63. The minimum absolute atomic E-state index is 0.0896. The van der Waals surface area contributed by atoms with Crippen LogP contribution in [0.25, 0.3) is 0 Å². The van der Waals surface area contributed by atoms with Crippen molar-refractivity contribution < 1.29 is 5.11 Å². The molecule has 0 aromatic carbocycles. The molecule has 1 atom stereocenters. The van der Waals surface area contributed by atoms with Gasteiger partial charge >= 0.3 is 0 Å². The van der Waals surface area contributed by atoms with Gasteiger partial charge in [-0.05, 0) is 26.0 Å². The normalized spacial score (nSPS) is 12.6. The maximum Gasteiger partial charge on any atom is 0.0630 e. The topological polar surface area (TPSA) is 45.1 Å². The quantitative estimate of drug-likeness (QED) is 0.708. The minimum Gasteiger partial charge on any atom is -0.394 e. The second kappa shape index (κ2) is 4.07. The number of aryl methyl sites for hydroxylation is 1. The molecular formula is C9H14N2O. The fraction of sp³-hybridized carbons (Fsp3) is 0.444. The number of hydrogen-bond acceptors (Lipinski definition) is 3. The van der Waals surface area contributed by atoms with Gasteiger partial charge in [0.15, 0.2) is 0 Å². The molecule has 0 radical (unpaired) electrons. The molecule has 1 aromatic heterocycles. The molecule has 66 valence electrons. The lowest BCUT2D eigenvalue weighted by atomic mass is 10.3. The summed E-state index contributed by atoms with van der Waals surface area (Å²) < 4.78 is 0. The predicted molar refractivity (Wildman–Crippen MR) is 49.1 cm³/mol. The number of pyridine rings is 1. The molecule has 3 heteroatoms. The highest BCUT2D eigenvalue weighted by Crippen LogP contribution is 2.07. The van der Waals surface area contributed by atoms with Gasteiger partial charge in [0.1, 0.15) is 0 Å². The van der Waals surface area contributed by atoms with E-state index in [2.05, 4.69) is 10.3 Å². The average molecular weight is 166 g/mol. The van der Waals surface area contributed by atoms with E-state index in [1.54, 1.807) is 6.20 Å². The molecule has 1 heterocycles. The van der Waals surface area contributed by atoms with E-state index in [-0.39, 0.29) is 12.6 Å². The Morgan fingerprint density at radius 1 is 1.67 bits per heavy atom. The molecule has 1 unspecified atom stereocenters.